The zero-order valence-corrected chi connectivity index (χ0v) is 10.4. The third kappa shape index (κ3) is 2.08. The predicted molar refractivity (Wildman–Crippen MR) is 66.8 cm³/mol. The molecule has 0 amide bonds. The van der Waals surface area contributed by atoms with Crippen molar-refractivity contribution in [1.82, 2.24) is 10.3 Å². The van der Waals surface area contributed by atoms with Crippen molar-refractivity contribution >= 4 is 23.1 Å². The predicted octanol–water partition coefficient (Wildman–Crippen LogP) is 2.79. The molecule has 2 atom stereocenters. The SMILES string of the molecule is c1nc(C2CCCN2)sc1C1CCSC1. The molecule has 1 N–H and O–H groups in total. The van der Waals surface area contributed by atoms with E-state index in [1.807, 2.05) is 11.3 Å². The van der Waals surface area contributed by atoms with Gasteiger partial charge in [-0.15, -0.1) is 11.3 Å². The molecule has 2 aliphatic rings. The van der Waals surface area contributed by atoms with Crippen LogP contribution < -0.4 is 5.32 Å². The van der Waals surface area contributed by atoms with E-state index in [0.29, 0.717) is 6.04 Å². The first kappa shape index (κ1) is 10.1. The van der Waals surface area contributed by atoms with Gasteiger partial charge in [-0.05, 0) is 31.6 Å². The molecule has 2 saturated heterocycles. The summed E-state index contributed by atoms with van der Waals surface area (Å²) in [6.07, 6.45) is 6.05. The molecule has 2 fully saturated rings. The lowest BCUT2D eigenvalue weighted by Crippen LogP contribution is -2.12. The van der Waals surface area contributed by atoms with E-state index in [1.165, 1.54) is 47.2 Å². The quantitative estimate of drug-likeness (QED) is 0.860. The molecule has 2 nitrogen and oxygen atoms in total. The first-order chi connectivity index (χ1) is 7.43. The van der Waals surface area contributed by atoms with Gasteiger partial charge in [0, 0.05) is 22.7 Å². The Bertz CT molecular complexity index is 295. The molecule has 3 rings (SSSR count). The smallest absolute Gasteiger partial charge is 0.110 e. The Morgan fingerprint density at radius 3 is 3.13 bits per heavy atom. The van der Waals surface area contributed by atoms with Crippen LogP contribution in [0.5, 0.6) is 0 Å². The third-order valence-corrected chi connectivity index (χ3v) is 5.67. The van der Waals surface area contributed by atoms with Crippen molar-refractivity contribution in [3.05, 3.63) is 16.1 Å². The van der Waals surface area contributed by atoms with Crippen molar-refractivity contribution < 1.29 is 0 Å². The van der Waals surface area contributed by atoms with Crippen LogP contribution in [-0.4, -0.2) is 23.0 Å². The van der Waals surface area contributed by atoms with Gasteiger partial charge in [0.2, 0.25) is 0 Å². The van der Waals surface area contributed by atoms with Gasteiger partial charge in [-0.1, -0.05) is 0 Å². The maximum Gasteiger partial charge on any atom is 0.110 e. The topological polar surface area (TPSA) is 24.9 Å². The monoisotopic (exact) mass is 240 g/mol. The van der Waals surface area contributed by atoms with Crippen molar-refractivity contribution in [2.45, 2.75) is 31.2 Å². The number of rotatable bonds is 2. The van der Waals surface area contributed by atoms with Gasteiger partial charge in [-0.25, -0.2) is 4.98 Å². The normalized spacial score (nSPS) is 31.2. The van der Waals surface area contributed by atoms with Crippen LogP contribution >= 0.6 is 23.1 Å². The number of nitrogens with zero attached hydrogens (tertiary/aromatic N) is 1. The summed E-state index contributed by atoms with van der Waals surface area (Å²) in [6.45, 7) is 1.17. The minimum absolute atomic E-state index is 0.554. The van der Waals surface area contributed by atoms with Gasteiger partial charge in [0.05, 0.1) is 6.04 Å². The van der Waals surface area contributed by atoms with E-state index < -0.39 is 0 Å². The van der Waals surface area contributed by atoms with E-state index in [1.54, 1.807) is 0 Å². The van der Waals surface area contributed by atoms with E-state index in [2.05, 4.69) is 28.3 Å². The van der Waals surface area contributed by atoms with Gasteiger partial charge in [0.1, 0.15) is 5.01 Å². The molecule has 0 aromatic carbocycles. The summed E-state index contributed by atoms with van der Waals surface area (Å²) in [5.41, 5.74) is 0. The van der Waals surface area contributed by atoms with Crippen molar-refractivity contribution in [3.63, 3.8) is 0 Å². The molecular formula is C11H16N2S2. The molecule has 0 spiro atoms. The Labute approximate surface area is 98.9 Å². The van der Waals surface area contributed by atoms with Crippen LogP contribution in [0.15, 0.2) is 6.20 Å². The largest absolute Gasteiger partial charge is 0.308 e. The molecular weight excluding hydrogens is 224 g/mol. The second-order valence-corrected chi connectivity index (χ2v) is 6.55. The average Bonchev–Trinajstić information content (AvgIpc) is 3.02. The van der Waals surface area contributed by atoms with Crippen LogP contribution in [0.25, 0.3) is 0 Å². The van der Waals surface area contributed by atoms with E-state index in [4.69, 9.17) is 0 Å². The molecule has 0 radical (unpaired) electrons. The second kappa shape index (κ2) is 4.44. The van der Waals surface area contributed by atoms with Gasteiger partial charge in [-0.2, -0.15) is 11.8 Å². The van der Waals surface area contributed by atoms with Crippen molar-refractivity contribution in [3.8, 4) is 0 Å². The molecule has 2 unspecified atom stereocenters. The fraction of sp³-hybridized carbons (Fsp3) is 0.727. The van der Waals surface area contributed by atoms with Gasteiger partial charge in [0.25, 0.3) is 0 Å². The number of thiazole rings is 1. The zero-order valence-electron chi connectivity index (χ0n) is 8.74. The highest BCUT2D eigenvalue weighted by Crippen LogP contribution is 2.37. The lowest BCUT2D eigenvalue weighted by Gasteiger charge is -2.05. The third-order valence-electron chi connectivity index (χ3n) is 3.23. The second-order valence-electron chi connectivity index (χ2n) is 4.31. The summed E-state index contributed by atoms with van der Waals surface area (Å²) in [7, 11) is 0. The Balaban J connectivity index is 1.74. The summed E-state index contributed by atoms with van der Waals surface area (Å²) in [5, 5.41) is 4.84. The van der Waals surface area contributed by atoms with E-state index >= 15 is 0 Å². The molecule has 1 aromatic rings. The van der Waals surface area contributed by atoms with Crippen LogP contribution in [0.1, 0.15) is 41.1 Å². The van der Waals surface area contributed by atoms with Crippen LogP contribution in [0.2, 0.25) is 0 Å². The number of nitrogens with one attached hydrogen (secondary N) is 1. The molecule has 3 heterocycles. The first-order valence-electron chi connectivity index (χ1n) is 5.70. The summed E-state index contributed by atoms with van der Waals surface area (Å²) in [6, 6.07) is 0.554. The fourth-order valence-corrected chi connectivity index (χ4v) is 4.82. The van der Waals surface area contributed by atoms with Crippen LogP contribution in [-0.2, 0) is 0 Å². The molecule has 2 aliphatic heterocycles. The first-order valence-corrected chi connectivity index (χ1v) is 7.67. The molecule has 0 saturated carbocycles. The summed E-state index contributed by atoms with van der Waals surface area (Å²) in [5.74, 6) is 3.43. The van der Waals surface area contributed by atoms with Crippen LogP contribution in [0.3, 0.4) is 0 Å². The maximum atomic E-state index is 4.59. The standard InChI is InChI=1S/C11H16N2S2/c1-2-9(12-4-1)11-13-6-10(15-11)8-3-5-14-7-8/h6,8-9,12H,1-5,7H2. The molecule has 4 heteroatoms. The fourth-order valence-electron chi connectivity index (χ4n) is 2.30. The molecule has 0 bridgehead atoms. The summed E-state index contributed by atoms with van der Waals surface area (Å²) in [4.78, 5) is 6.11. The molecule has 1 aromatic heterocycles. The molecule has 0 aliphatic carbocycles. The van der Waals surface area contributed by atoms with Crippen molar-refractivity contribution in [2.75, 3.05) is 18.1 Å². The maximum absolute atomic E-state index is 4.59. The number of thioether (sulfide) groups is 1. The highest BCUT2D eigenvalue weighted by molar-refractivity contribution is 7.99. The number of aromatic nitrogens is 1. The van der Waals surface area contributed by atoms with E-state index in [-0.39, 0.29) is 0 Å². The van der Waals surface area contributed by atoms with Gasteiger partial charge in [-0.3, -0.25) is 0 Å². The highest BCUT2D eigenvalue weighted by Gasteiger charge is 2.23. The van der Waals surface area contributed by atoms with Gasteiger partial charge < -0.3 is 5.32 Å². The van der Waals surface area contributed by atoms with Gasteiger partial charge >= 0.3 is 0 Å². The summed E-state index contributed by atoms with van der Waals surface area (Å²) < 4.78 is 0. The Kier molecular flexibility index (Phi) is 2.99. The molecule has 15 heavy (non-hydrogen) atoms. The summed E-state index contributed by atoms with van der Waals surface area (Å²) >= 11 is 4.02. The van der Waals surface area contributed by atoms with Crippen LogP contribution in [0.4, 0.5) is 0 Å². The van der Waals surface area contributed by atoms with E-state index in [0.717, 1.165) is 5.92 Å². The minimum atomic E-state index is 0.554. The Morgan fingerprint density at radius 1 is 1.40 bits per heavy atom. The lowest BCUT2D eigenvalue weighted by molar-refractivity contribution is 0.643. The van der Waals surface area contributed by atoms with Crippen molar-refractivity contribution in [2.24, 2.45) is 0 Å². The van der Waals surface area contributed by atoms with Crippen LogP contribution in [0, 0.1) is 0 Å². The highest BCUT2D eigenvalue weighted by atomic mass is 32.2. The minimum Gasteiger partial charge on any atom is -0.308 e. The van der Waals surface area contributed by atoms with Gasteiger partial charge in [0.15, 0.2) is 0 Å². The Hall–Kier alpha value is -0.0600. The Morgan fingerprint density at radius 2 is 2.40 bits per heavy atom. The number of hydrogen-bond donors (Lipinski definition) is 1. The zero-order chi connectivity index (χ0) is 10.1. The molecule has 82 valence electrons. The lowest BCUT2D eigenvalue weighted by atomic mass is 10.1. The number of hydrogen-bond acceptors (Lipinski definition) is 4. The average molecular weight is 240 g/mol. The van der Waals surface area contributed by atoms with Crippen molar-refractivity contribution in [1.29, 1.82) is 0 Å². The van der Waals surface area contributed by atoms with E-state index in [9.17, 15) is 0 Å².